The summed E-state index contributed by atoms with van der Waals surface area (Å²) in [6.45, 7) is 4.17. The van der Waals surface area contributed by atoms with Crippen molar-refractivity contribution in [3.63, 3.8) is 0 Å². The highest BCUT2D eigenvalue weighted by atomic mass is 35.5. The lowest BCUT2D eigenvalue weighted by Gasteiger charge is -2.16. The smallest absolute Gasteiger partial charge is 0.256 e. The third-order valence-electron chi connectivity index (χ3n) is 4.53. The number of nitrogens with zero attached hydrogens (tertiary/aromatic N) is 3. The molecule has 1 N–H and O–H groups in total. The van der Waals surface area contributed by atoms with Gasteiger partial charge in [0, 0.05) is 13.1 Å². The van der Waals surface area contributed by atoms with Gasteiger partial charge < -0.3 is 10.2 Å². The van der Waals surface area contributed by atoms with Crippen LogP contribution in [0.2, 0.25) is 5.15 Å². The lowest BCUT2D eigenvalue weighted by Crippen LogP contribution is -2.28. The highest BCUT2D eigenvalue weighted by molar-refractivity contribution is 6.33. The Morgan fingerprint density at radius 2 is 1.75 bits per heavy atom. The van der Waals surface area contributed by atoms with Crippen LogP contribution in [0.1, 0.15) is 28.0 Å². The number of hydrogen-bond donors (Lipinski definition) is 1. The van der Waals surface area contributed by atoms with Crippen molar-refractivity contribution in [2.75, 3.05) is 20.1 Å². The molecule has 1 heterocycles. The summed E-state index contributed by atoms with van der Waals surface area (Å²) in [5, 5.41) is 7.72. The number of halogens is 1. The second-order valence-electron chi connectivity index (χ2n) is 6.83. The monoisotopic (exact) mass is 396 g/mol. The number of carbonyl (C=O) groups is 1. The molecule has 0 saturated heterocycles. The summed E-state index contributed by atoms with van der Waals surface area (Å²) in [7, 11) is 2.08. The molecule has 0 bridgehead atoms. The average molecular weight is 397 g/mol. The van der Waals surface area contributed by atoms with Gasteiger partial charge in [-0.2, -0.15) is 5.10 Å². The molecule has 0 aliphatic carbocycles. The summed E-state index contributed by atoms with van der Waals surface area (Å²) >= 11 is 6.44. The van der Waals surface area contributed by atoms with Crippen LogP contribution in [0.25, 0.3) is 5.69 Å². The fraction of sp³-hybridized carbons (Fsp3) is 0.273. The van der Waals surface area contributed by atoms with Gasteiger partial charge in [-0.1, -0.05) is 60.1 Å². The zero-order chi connectivity index (χ0) is 19.9. The van der Waals surface area contributed by atoms with Crippen LogP contribution in [0.5, 0.6) is 0 Å². The second-order valence-corrected chi connectivity index (χ2v) is 7.19. The number of rotatable bonds is 8. The molecule has 146 valence electrons. The fourth-order valence-electron chi connectivity index (χ4n) is 3.11. The third-order valence-corrected chi connectivity index (χ3v) is 4.88. The molecule has 3 rings (SSSR count). The second kappa shape index (κ2) is 9.53. The van der Waals surface area contributed by atoms with Gasteiger partial charge in [0.15, 0.2) is 0 Å². The highest BCUT2D eigenvalue weighted by Gasteiger charge is 2.20. The average Bonchev–Trinajstić information content (AvgIpc) is 3.01. The number of amides is 1. The van der Waals surface area contributed by atoms with Crippen LogP contribution in [-0.2, 0) is 6.54 Å². The largest absolute Gasteiger partial charge is 0.352 e. The van der Waals surface area contributed by atoms with E-state index in [4.69, 9.17) is 11.6 Å². The van der Waals surface area contributed by atoms with Crippen molar-refractivity contribution in [1.29, 1.82) is 0 Å². The van der Waals surface area contributed by atoms with Crippen molar-refractivity contribution in [3.05, 3.63) is 82.6 Å². The first-order valence-corrected chi connectivity index (χ1v) is 9.75. The van der Waals surface area contributed by atoms with Gasteiger partial charge in [-0.15, -0.1) is 0 Å². The van der Waals surface area contributed by atoms with Crippen molar-refractivity contribution < 1.29 is 4.79 Å². The normalized spacial score (nSPS) is 11.0. The van der Waals surface area contributed by atoms with Crippen molar-refractivity contribution >= 4 is 17.5 Å². The van der Waals surface area contributed by atoms with Crippen LogP contribution in [-0.4, -0.2) is 40.7 Å². The van der Waals surface area contributed by atoms with Gasteiger partial charge in [-0.25, -0.2) is 4.68 Å². The standard InChI is InChI=1S/C22H25ClN4O/c1-17-20(21(23)27(25-17)19-12-7-4-8-13-19)22(28)24-14-9-15-26(2)16-18-10-5-3-6-11-18/h3-8,10-13H,9,14-16H2,1-2H3,(H,24,28). The minimum absolute atomic E-state index is 0.185. The van der Waals surface area contributed by atoms with Crippen LogP contribution in [0.4, 0.5) is 0 Å². The van der Waals surface area contributed by atoms with Crippen LogP contribution in [0, 0.1) is 6.92 Å². The van der Waals surface area contributed by atoms with Crippen molar-refractivity contribution in [3.8, 4) is 5.69 Å². The van der Waals surface area contributed by atoms with E-state index in [9.17, 15) is 4.79 Å². The molecule has 0 spiro atoms. The quantitative estimate of drug-likeness (QED) is 0.583. The Kier molecular flexibility index (Phi) is 6.85. The number of hydrogen-bond acceptors (Lipinski definition) is 3. The summed E-state index contributed by atoms with van der Waals surface area (Å²) in [6.07, 6.45) is 0.860. The van der Waals surface area contributed by atoms with E-state index in [-0.39, 0.29) is 5.91 Å². The van der Waals surface area contributed by atoms with Crippen LogP contribution >= 0.6 is 11.6 Å². The third kappa shape index (κ3) is 5.00. The van der Waals surface area contributed by atoms with Gasteiger partial charge in [0.1, 0.15) is 5.15 Å². The van der Waals surface area contributed by atoms with Gasteiger partial charge >= 0.3 is 0 Å². The van der Waals surface area contributed by atoms with Gasteiger partial charge in [0.25, 0.3) is 5.91 Å². The number of carbonyl (C=O) groups excluding carboxylic acids is 1. The van der Waals surface area contributed by atoms with E-state index in [0.29, 0.717) is 23.0 Å². The lowest BCUT2D eigenvalue weighted by atomic mass is 10.2. The molecule has 0 radical (unpaired) electrons. The molecule has 2 aromatic carbocycles. The van der Waals surface area contributed by atoms with E-state index in [0.717, 1.165) is 25.2 Å². The zero-order valence-corrected chi connectivity index (χ0v) is 17.0. The minimum atomic E-state index is -0.185. The molecule has 0 aliphatic heterocycles. The number of benzene rings is 2. The van der Waals surface area contributed by atoms with E-state index in [1.165, 1.54) is 5.56 Å². The Balaban J connectivity index is 1.52. The molecule has 5 nitrogen and oxygen atoms in total. The number of aryl methyl sites for hydroxylation is 1. The summed E-state index contributed by atoms with van der Waals surface area (Å²) in [5.74, 6) is -0.185. The Hall–Kier alpha value is -2.63. The Morgan fingerprint density at radius 1 is 1.11 bits per heavy atom. The maximum absolute atomic E-state index is 12.6. The number of aromatic nitrogens is 2. The van der Waals surface area contributed by atoms with Crippen LogP contribution in [0.15, 0.2) is 60.7 Å². The van der Waals surface area contributed by atoms with E-state index in [1.54, 1.807) is 11.6 Å². The lowest BCUT2D eigenvalue weighted by molar-refractivity contribution is 0.0951. The van der Waals surface area contributed by atoms with Crippen LogP contribution < -0.4 is 5.32 Å². The molecule has 6 heteroatoms. The summed E-state index contributed by atoms with van der Waals surface area (Å²) in [5.41, 5.74) is 3.16. The Labute approximate surface area is 170 Å². The fourth-order valence-corrected chi connectivity index (χ4v) is 3.47. The molecular formula is C22H25ClN4O. The van der Waals surface area contributed by atoms with Gasteiger partial charge in [0.05, 0.1) is 16.9 Å². The van der Waals surface area contributed by atoms with Gasteiger partial charge in [0.2, 0.25) is 0 Å². The topological polar surface area (TPSA) is 50.2 Å². The van der Waals surface area contributed by atoms with Crippen molar-refractivity contribution in [1.82, 2.24) is 20.0 Å². The minimum Gasteiger partial charge on any atom is -0.352 e. The van der Waals surface area contributed by atoms with Gasteiger partial charge in [-0.05, 0) is 44.6 Å². The summed E-state index contributed by atoms with van der Waals surface area (Å²) in [6, 6.07) is 19.9. The summed E-state index contributed by atoms with van der Waals surface area (Å²) < 4.78 is 1.60. The molecule has 0 saturated carbocycles. The molecule has 1 aromatic heterocycles. The zero-order valence-electron chi connectivity index (χ0n) is 16.2. The molecule has 1 amide bonds. The summed E-state index contributed by atoms with van der Waals surface area (Å²) in [4.78, 5) is 14.8. The van der Waals surface area contributed by atoms with E-state index >= 15 is 0 Å². The maximum Gasteiger partial charge on any atom is 0.256 e. The first-order valence-electron chi connectivity index (χ1n) is 9.37. The molecule has 3 aromatic rings. The van der Waals surface area contributed by atoms with E-state index in [1.807, 2.05) is 48.5 Å². The SMILES string of the molecule is Cc1nn(-c2ccccc2)c(Cl)c1C(=O)NCCCN(C)Cc1ccccc1. The Bertz CT molecular complexity index is 909. The predicted octanol–water partition coefficient (Wildman–Crippen LogP) is 4.09. The van der Waals surface area contributed by atoms with Gasteiger partial charge in [-0.3, -0.25) is 4.79 Å². The molecule has 0 fully saturated rings. The van der Waals surface area contributed by atoms with E-state index in [2.05, 4.69) is 34.5 Å². The maximum atomic E-state index is 12.6. The first kappa shape index (κ1) is 20.1. The molecule has 0 aliphatic rings. The number of para-hydroxylation sites is 1. The van der Waals surface area contributed by atoms with Crippen molar-refractivity contribution in [2.24, 2.45) is 0 Å². The Morgan fingerprint density at radius 3 is 2.43 bits per heavy atom. The highest BCUT2D eigenvalue weighted by Crippen LogP contribution is 2.23. The van der Waals surface area contributed by atoms with Crippen molar-refractivity contribution in [2.45, 2.75) is 19.9 Å². The first-order chi connectivity index (χ1) is 13.6. The molecular weight excluding hydrogens is 372 g/mol. The molecule has 0 unspecified atom stereocenters. The van der Waals surface area contributed by atoms with E-state index < -0.39 is 0 Å². The molecule has 0 atom stereocenters. The molecule has 28 heavy (non-hydrogen) atoms. The van der Waals surface area contributed by atoms with Crippen LogP contribution in [0.3, 0.4) is 0 Å². The number of nitrogens with one attached hydrogen (secondary N) is 1. The predicted molar refractivity (Wildman–Crippen MR) is 113 cm³/mol.